The zero-order valence-corrected chi connectivity index (χ0v) is 11.9. The molecule has 0 fully saturated rings. The van der Waals surface area contributed by atoms with E-state index in [-0.39, 0.29) is 6.04 Å². The molecule has 0 saturated heterocycles. The number of rotatable bonds is 5. The van der Waals surface area contributed by atoms with Crippen LogP contribution in [0.15, 0.2) is 48.5 Å². The van der Waals surface area contributed by atoms with E-state index in [2.05, 4.69) is 17.4 Å². The highest BCUT2D eigenvalue weighted by Crippen LogP contribution is 2.24. The van der Waals surface area contributed by atoms with Gasteiger partial charge in [0, 0.05) is 17.8 Å². The fraction of sp³-hybridized carbons (Fsp3) is 0.250. The first-order chi connectivity index (χ1) is 9.20. The molecular formula is C16H18ClNO. The first-order valence-electron chi connectivity index (χ1n) is 6.27. The highest BCUT2D eigenvalue weighted by atomic mass is 35.5. The van der Waals surface area contributed by atoms with E-state index < -0.39 is 0 Å². The van der Waals surface area contributed by atoms with Crippen LogP contribution in [-0.2, 0) is 4.74 Å². The van der Waals surface area contributed by atoms with E-state index in [1.165, 1.54) is 5.56 Å². The lowest BCUT2D eigenvalue weighted by molar-refractivity contribution is 0.186. The highest BCUT2D eigenvalue weighted by Gasteiger charge is 2.11. The Hall–Kier alpha value is -1.51. The molecule has 0 amide bonds. The summed E-state index contributed by atoms with van der Waals surface area (Å²) in [5.74, 6) is 0. The molecule has 1 atom stereocenters. The van der Waals surface area contributed by atoms with Crippen molar-refractivity contribution in [2.45, 2.75) is 13.0 Å². The van der Waals surface area contributed by atoms with Gasteiger partial charge in [-0.2, -0.15) is 0 Å². The van der Waals surface area contributed by atoms with Gasteiger partial charge in [-0.1, -0.05) is 48.0 Å². The molecule has 2 rings (SSSR count). The molecule has 2 nitrogen and oxygen atoms in total. The fourth-order valence-corrected chi connectivity index (χ4v) is 2.14. The lowest BCUT2D eigenvalue weighted by Gasteiger charge is -2.20. The van der Waals surface area contributed by atoms with Gasteiger partial charge in [-0.15, -0.1) is 0 Å². The van der Waals surface area contributed by atoms with E-state index in [0.29, 0.717) is 6.61 Å². The largest absolute Gasteiger partial charge is 0.382 e. The summed E-state index contributed by atoms with van der Waals surface area (Å²) in [5.41, 5.74) is 3.28. The number of ether oxygens (including phenoxy) is 1. The average molecular weight is 276 g/mol. The van der Waals surface area contributed by atoms with Crippen LogP contribution in [0, 0.1) is 6.92 Å². The molecule has 0 aliphatic heterocycles. The molecule has 19 heavy (non-hydrogen) atoms. The van der Waals surface area contributed by atoms with Crippen LogP contribution in [0.2, 0.25) is 5.02 Å². The molecule has 0 heterocycles. The quantitative estimate of drug-likeness (QED) is 0.870. The maximum Gasteiger partial charge on any atom is 0.0747 e. The standard InChI is InChI=1S/C16H18ClNO/c1-12-8-9-14(10-15(12)17)18-16(11-19-2)13-6-4-3-5-7-13/h3-10,16,18H,11H2,1-2H3. The minimum atomic E-state index is 0.116. The second-order valence-electron chi connectivity index (χ2n) is 4.53. The second-order valence-corrected chi connectivity index (χ2v) is 4.93. The average Bonchev–Trinajstić information content (AvgIpc) is 2.43. The van der Waals surface area contributed by atoms with Crippen molar-refractivity contribution >= 4 is 17.3 Å². The van der Waals surface area contributed by atoms with Crippen molar-refractivity contribution in [3.63, 3.8) is 0 Å². The Morgan fingerprint density at radius 3 is 2.53 bits per heavy atom. The van der Waals surface area contributed by atoms with Crippen molar-refractivity contribution in [2.75, 3.05) is 19.0 Å². The minimum Gasteiger partial charge on any atom is -0.382 e. The molecule has 0 bridgehead atoms. The number of hydrogen-bond acceptors (Lipinski definition) is 2. The van der Waals surface area contributed by atoms with Crippen molar-refractivity contribution in [1.29, 1.82) is 0 Å². The molecular weight excluding hydrogens is 258 g/mol. The summed E-state index contributed by atoms with van der Waals surface area (Å²) < 4.78 is 5.29. The van der Waals surface area contributed by atoms with Gasteiger partial charge in [0.1, 0.15) is 0 Å². The Kier molecular flexibility index (Phi) is 4.83. The Morgan fingerprint density at radius 1 is 1.16 bits per heavy atom. The number of methoxy groups -OCH3 is 1. The lowest BCUT2D eigenvalue weighted by atomic mass is 10.1. The van der Waals surface area contributed by atoms with Crippen LogP contribution in [0.5, 0.6) is 0 Å². The molecule has 0 aliphatic carbocycles. The van der Waals surface area contributed by atoms with Crippen molar-refractivity contribution in [2.24, 2.45) is 0 Å². The summed E-state index contributed by atoms with van der Waals surface area (Å²) in [4.78, 5) is 0. The topological polar surface area (TPSA) is 21.3 Å². The molecule has 1 N–H and O–H groups in total. The third kappa shape index (κ3) is 3.72. The highest BCUT2D eigenvalue weighted by molar-refractivity contribution is 6.31. The van der Waals surface area contributed by atoms with Gasteiger partial charge in [0.15, 0.2) is 0 Å². The van der Waals surface area contributed by atoms with Crippen molar-refractivity contribution < 1.29 is 4.74 Å². The van der Waals surface area contributed by atoms with Crippen LogP contribution < -0.4 is 5.32 Å². The van der Waals surface area contributed by atoms with Crippen molar-refractivity contribution in [1.82, 2.24) is 0 Å². The molecule has 2 aromatic rings. The number of anilines is 1. The molecule has 3 heteroatoms. The second kappa shape index (κ2) is 6.60. The Morgan fingerprint density at radius 2 is 1.89 bits per heavy atom. The number of hydrogen-bond donors (Lipinski definition) is 1. The summed E-state index contributed by atoms with van der Waals surface area (Å²) in [7, 11) is 1.71. The van der Waals surface area contributed by atoms with E-state index in [1.807, 2.05) is 43.3 Å². The molecule has 0 spiro atoms. The summed E-state index contributed by atoms with van der Waals surface area (Å²) >= 11 is 6.15. The van der Waals surface area contributed by atoms with E-state index in [1.54, 1.807) is 7.11 Å². The third-order valence-electron chi connectivity index (χ3n) is 3.05. The fourth-order valence-electron chi connectivity index (χ4n) is 1.96. The predicted molar refractivity (Wildman–Crippen MR) is 80.9 cm³/mol. The summed E-state index contributed by atoms with van der Waals surface area (Å²) in [6.07, 6.45) is 0. The van der Waals surface area contributed by atoms with E-state index in [9.17, 15) is 0 Å². The van der Waals surface area contributed by atoms with Gasteiger partial charge >= 0.3 is 0 Å². The zero-order valence-electron chi connectivity index (χ0n) is 11.2. The van der Waals surface area contributed by atoms with Crippen LogP contribution in [0.1, 0.15) is 17.2 Å². The van der Waals surface area contributed by atoms with Crippen molar-refractivity contribution in [3.05, 3.63) is 64.7 Å². The molecule has 2 aromatic carbocycles. The van der Waals surface area contributed by atoms with Gasteiger partial charge in [0.05, 0.1) is 12.6 Å². The van der Waals surface area contributed by atoms with Crippen LogP contribution in [0.3, 0.4) is 0 Å². The van der Waals surface area contributed by atoms with E-state index in [0.717, 1.165) is 16.3 Å². The Bertz CT molecular complexity index is 528. The molecule has 0 saturated carbocycles. The number of aryl methyl sites for hydroxylation is 1. The van der Waals surface area contributed by atoms with Gasteiger partial charge in [-0.05, 0) is 30.2 Å². The first kappa shape index (κ1) is 13.9. The maximum absolute atomic E-state index is 6.15. The monoisotopic (exact) mass is 275 g/mol. The van der Waals surface area contributed by atoms with E-state index >= 15 is 0 Å². The Labute approximate surface area is 119 Å². The van der Waals surface area contributed by atoms with Gasteiger partial charge in [0.2, 0.25) is 0 Å². The predicted octanol–water partition coefficient (Wildman–Crippen LogP) is 4.45. The van der Waals surface area contributed by atoms with Gasteiger partial charge < -0.3 is 10.1 Å². The van der Waals surface area contributed by atoms with E-state index in [4.69, 9.17) is 16.3 Å². The van der Waals surface area contributed by atoms with Crippen LogP contribution in [-0.4, -0.2) is 13.7 Å². The van der Waals surface area contributed by atoms with Crippen molar-refractivity contribution in [3.8, 4) is 0 Å². The minimum absolute atomic E-state index is 0.116. The van der Waals surface area contributed by atoms with Crippen LogP contribution >= 0.6 is 11.6 Å². The zero-order chi connectivity index (χ0) is 13.7. The smallest absolute Gasteiger partial charge is 0.0747 e. The SMILES string of the molecule is COCC(Nc1ccc(C)c(Cl)c1)c1ccccc1. The molecule has 0 aromatic heterocycles. The summed E-state index contributed by atoms with van der Waals surface area (Å²) in [5, 5.41) is 4.23. The number of benzene rings is 2. The Balaban J connectivity index is 2.19. The van der Waals surface area contributed by atoms with Crippen LogP contribution in [0.4, 0.5) is 5.69 Å². The third-order valence-corrected chi connectivity index (χ3v) is 3.46. The molecule has 100 valence electrons. The number of nitrogens with one attached hydrogen (secondary N) is 1. The molecule has 0 radical (unpaired) electrons. The van der Waals surface area contributed by atoms with Crippen LogP contribution in [0.25, 0.3) is 0 Å². The summed E-state index contributed by atoms with van der Waals surface area (Å²) in [6.45, 7) is 2.60. The van der Waals surface area contributed by atoms with Gasteiger partial charge in [-0.3, -0.25) is 0 Å². The normalized spacial score (nSPS) is 12.2. The molecule has 1 unspecified atom stereocenters. The summed E-state index contributed by atoms with van der Waals surface area (Å²) in [6, 6.07) is 16.4. The van der Waals surface area contributed by atoms with Gasteiger partial charge in [-0.25, -0.2) is 0 Å². The van der Waals surface area contributed by atoms with Gasteiger partial charge in [0.25, 0.3) is 0 Å². The number of halogens is 1. The maximum atomic E-state index is 6.15. The first-order valence-corrected chi connectivity index (χ1v) is 6.65. The molecule has 0 aliphatic rings. The lowest BCUT2D eigenvalue weighted by Crippen LogP contribution is -2.16.